The Hall–Kier alpha value is -2.01. The minimum absolute atomic E-state index is 0.274. The number of aryl methyl sites for hydroxylation is 1. The van der Waals surface area contributed by atoms with E-state index in [-0.39, 0.29) is 6.03 Å². The normalized spacial score (nSPS) is 10.0. The van der Waals surface area contributed by atoms with Crippen molar-refractivity contribution in [3.63, 3.8) is 0 Å². The average Bonchev–Trinajstić information content (AvgIpc) is 2.44. The van der Waals surface area contributed by atoms with Gasteiger partial charge in [-0.25, -0.2) is 4.79 Å². The molecule has 5 heteroatoms. The van der Waals surface area contributed by atoms with Gasteiger partial charge in [0.15, 0.2) is 0 Å². The van der Waals surface area contributed by atoms with Crippen molar-refractivity contribution in [3.05, 3.63) is 52.5 Å². The highest BCUT2D eigenvalue weighted by Gasteiger charge is 2.05. The Morgan fingerprint density at radius 3 is 2.48 bits per heavy atom. The molecule has 2 aromatic rings. The number of amides is 2. The van der Waals surface area contributed by atoms with E-state index in [0.717, 1.165) is 21.5 Å². The van der Waals surface area contributed by atoms with Gasteiger partial charge in [0.25, 0.3) is 0 Å². The molecule has 4 nitrogen and oxygen atoms in total. The van der Waals surface area contributed by atoms with Crippen molar-refractivity contribution in [2.24, 2.45) is 0 Å². The summed E-state index contributed by atoms with van der Waals surface area (Å²) in [6.45, 7) is 4.49. The summed E-state index contributed by atoms with van der Waals surface area (Å²) >= 11 is 3.40. The first kappa shape index (κ1) is 15.4. The van der Waals surface area contributed by atoms with Crippen LogP contribution in [0.3, 0.4) is 0 Å². The summed E-state index contributed by atoms with van der Waals surface area (Å²) in [5.41, 5.74) is 2.48. The van der Waals surface area contributed by atoms with Crippen LogP contribution < -0.4 is 15.4 Å². The molecular weight excluding hydrogens is 332 g/mol. The fourth-order valence-corrected chi connectivity index (χ4v) is 2.33. The van der Waals surface area contributed by atoms with Crippen molar-refractivity contribution in [1.82, 2.24) is 0 Å². The quantitative estimate of drug-likeness (QED) is 0.833. The zero-order chi connectivity index (χ0) is 15.2. The molecule has 0 atom stereocenters. The molecule has 0 unspecified atom stereocenters. The molecule has 0 aliphatic heterocycles. The molecule has 2 aromatic carbocycles. The highest BCUT2D eigenvalue weighted by Crippen LogP contribution is 2.20. The standard InChI is InChI=1S/C16H17BrN2O2/c1-3-21-14-7-5-13(6-8-14)18-16(20)19-15-9-4-12(17)10-11(15)2/h4-10H,3H2,1-2H3,(H2,18,19,20). The number of carbonyl (C=O) groups excluding carboxylic acids is 1. The van der Waals surface area contributed by atoms with Gasteiger partial charge < -0.3 is 15.4 Å². The molecule has 0 bridgehead atoms. The number of rotatable bonds is 4. The van der Waals surface area contributed by atoms with Crippen molar-refractivity contribution < 1.29 is 9.53 Å². The molecule has 0 heterocycles. The summed E-state index contributed by atoms with van der Waals surface area (Å²) in [5.74, 6) is 0.784. The smallest absolute Gasteiger partial charge is 0.323 e. The number of hydrogen-bond donors (Lipinski definition) is 2. The van der Waals surface area contributed by atoms with Gasteiger partial charge in [-0.15, -0.1) is 0 Å². The van der Waals surface area contributed by atoms with Gasteiger partial charge in [0.1, 0.15) is 5.75 Å². The zero-order valence-electron chi connectivity index (χ0n) is 11.9. The minimum atomic E-state index is -0.274. The van der Waals surface area contributed by atoms with Crippen LogP contribution in [0.25, 0.3) is 0 Å². The summed E-state index contributed by atoms with van der Waals surface area (Å²) in [6, 6.07) is 12.7. The van der Waals surface area contributed by atoms with Crippen molar-refractivity contribution in [3.8, 4) is 5.75 Å². The molecule has 0 saturated carbocycles. The van der Waals surface area contributed by atoms with Crippen LogP contribution in [0.4, 0.5) is 16.2 Å². The Labute approximate surface area is 132 Å². The van der Waals surface area contributed by atoms with Crippen LogP contribution in [0, 0.1) is 6.92 Å². The molecule has 21 heavy (non-hydrogen) atoms. The minimum Gasteiger partial charge on any atom is -0.494 e. The van der Waals surface area contributed by atoms with E-state index < -0.39 is 0 Å². The molecule has 2 N–H and O–H groups in total. The van der Waals surface area contributed by atoms with E-state index in [1.165, 1.54) is 0 Å². The summed E-state index contributed by atoms with van der Waals surface area (Å²) in [7, 11) is 0. The number of nitrogens with one attached hydrogen (secondary N) is 2. The number of halogens is 1. The van der Waals surface area contributed by atoms with E-state index >= 15 is 0 Å². The van der Waals surface area contributed by atoms with E-state index in [2.05, 4.69) is 26.6 Å². The summed E-state index contributed by atoms with van der Waals surface area (Å²) < 4.78 is 6.34. The topological polar surface area (TPSA) is 50.4 Å². The van der Waals surface area contributed by atoms with Crippen LogP contribution in [0.15, 0.2) is 46.9 Å². The molecule has 0 aliphatic rings. The highest BCUT2D eigenvalue weighted by molar-refractivity contribution is 9.10. The second-order valence-electron chi connectivity index (χ2n) is 4.50. The van der Waals surface area contributed by atoms with Gasteiger partial charge >= 0.3 is 6.03 Å². The Morgan fingerprint density at radius 1 is 1.14 bits per heavy atom. The molecule has 0 aliphatic carbocycles. The zero-order valence-corrected chi connectivity index (χ0v) is 13.5. The highest BCUT2D eigenvalue weighted by atomic mass is 79.9. The third kappa shape index (κ3) is 4.49. The Morgan fingerprint density at radius 2 is 1.86 bits per heavy atom. The first-order valence-electron chi connectivity index (χ1n) is 6.65. The maximum absolute atomic E-state index is 12.0. The number of benzene rings is 2. The van der Waals surface area contributed by atoms with E-state index in [1.54, 1.807) is 12.1 Å². The van der Waals surface area contributed by atoms with E-state index in [0.29, 0.717) is 12.3 Å². The maximum atomic E-state index is 12.0. The van der Waals surface area contributed by atoms with Crippen LogP contribution in [-0.4, -0.2) is 12.6 Å². The number of urea groups is 1. The molecule has 0 radical (unpaired) electrons. The Kier molecular flexibility index (Phi) is 5.22. The predicted molar refractivity (Wildman–Crippen MR) is 89.1 cm³/mol. The first-order chi connectivity index (χ1) is 10.1. The fourth-order valence-electron chi connectivity index (χ4n) is 1.85. The number of ether oxygens (including phenoxy) is 1. The van der Waals surface area contributed by atoms with Crippen LogP contribution in [-0.2, 0) is 0 Å². The lowest BCUT2D eigenvalue weighted by Crippen LogP contribution is -2.19. The number of anilines is 2. The Balaban J connectivity index is 1.98. The molecular formula is C16H17BrN2O2. The molecule has 110 valence electrons. The van der Waals surface area contributed by atoms with Gasteiger partial charge in [0.2, 0.25) is 0 Å². The SMILES string of the molecule is CCOc1ccc(NC(=O)Nc2ccc(Br)cc2C)cc1. The molecule has 2 amide bonds. The number of hydrogen-bond acceptors (Lipinski definition) is 2. The van der Waals surface area contributed by atoms with Crippen molar-refractivity contribution in [2.75, 3.05) is 17.2 Å². The van der Waals surface area contributed by atoms with Gasteiger partial charge in [-0.05, 0) is 61.9 Å². The van der Waals surface area contributed by atoms with E-state index in [9.17, 15) is 4.79 Å². The van der Waals surface area contributed by atoms with Gasteiger partial charge in [0, 0.05) is 15.8 Å². The lowest BCUT2D eigenvalue weighted by Gasteiger charge is -2.10. The van der Waals surface area contributed by atoms with Gasteiger partial charge in [-0.3, -0.25) is 0 Å². The lowest BCUT2D eigenvalue weighted by atomic mass is 10.2. The van der Waals surface area contributed by atoms with Gasteiger partial charge in [0.05, 0.1) is 6.61 Å². The maximum Gasteiger partial charge on any atom is 0.323 e. The number of carbonyl (C=O) groups is 1. The van der Waals surface area contributed by atoms with Crippen LogP contribution in [0.1, 0.15) is 12.5 Å². The third-order valence-electron chi connectivity index (χ3n) is 2.86. The molecule has 0 saturated heterocycles. The van der Waals surface area contributed by atoms with Crippen molar-refractivity contribution in [1.29, 1.82) is 0 Å². The fraction of sp³-hybridized carbons (Fsp3) is 0.188. The first-order valence-corrected chi connectivity index (χ1v) is 7.45. The summed E-state index contributed by atoms with van der Waals surface area (Å²) in [5, 5.41) is 5.61. The molecule has 2 rings (SSSR count). The van der Waals surface area contributed by atoms with Gasteiger partial charge in [-0.2, -0.15) is 0 Å². The second-order valence-corrected chi connectivity index (χ2v) is 5.41. The molecule has 0 aromatic heterocycles. The third-order valence-corrected chi connectivity index (χ3v) is 3.35. The predicted octanol–water partition coefficient (Wildman–Crippen LogP) is 4.80. The van der Waals surface area contributed by atoms with Crippen molar-refractivity contribution >= 4 is 33.3 Å². The largest absolute Gasteiger partial charge is 0.494 e. The average molecular weight is 349 g/mol. The van der Waals surface area contributed by atoms with Crippen LogP contribution in [0.2, 0.25) is 0 Å². The summed E-state index contributed by atoms with van der Waals surface area (Å²) in [6.07, 6.45) is 0. The Bertz CT molecular complexity index is 627. The van der Waals surface area contributed by atoms with E-state index in [1.807, 2.05) is 44.2 Å². The molecule has 0 fully saturated rings. The summed E-state index contributed by atoms with van der Waals surface area (Å²) in [4.78, 5) is 12.0. The van der Waals surface area contributed by atoms with Crippen molar-refractivity contribution in [2.45, 2.75) is 13.8 Å². The van der Waals surface area contributed by atoms with Crippen LogP contribution in [0.5, 0.6) is 5.75 Å². The van der Waals surface area contributed by atoms with Crippen LogP contribution >= 0.6 is 15.9 Å². The molecule has 0 spiro atoms. The second kappa shape index (κ2) is 7.13. The monoisotopic (exact) mass is 348 g/mol. The van der Waals surface area contributed by atoms with Gasteiger partial charge in [-0.1, -0.05) is 15.9 Å². The lowest BCUT2D eigenvalue weighted by molar-refractivity contribution is 0.262. The van der Waals surface area contributed by atoms with E-state index in [4.69, 9.17) is 4.74 Å².